The molecular formula is C25H24BrN3O2. The Morgan fingerprint density at radius 3 is 2.35 bits per heavy atom. The van der Waals surface area contributed by atoms with Crippen molar-refractivity contribution in [3.05, 3.63) is 98.5 Å². The van der Waals surface area contributed by atoms with Crippen molar-refractivity contribution in [1.82, 2.24) is 5.43 Å². The molecule has 0 heterocycles. The Bertz CT molecular complexity index is 1140. The third-order valence-electron chi connectivity index (χ3n) is 5.01. The number of aryl methyl sites for hydroxylation is 3. The van der Waals surface area contributed by atoms with Crippen molar-refractivity contribution in [3.8, 4) is 0 Å². The van der Waals surface area contributed by atoms with Gasteiger partial charge in [-0.25, -0.2) is 5.43 Å². The summed E-state index contributed by atoms with van der Waals surface area (Å²) in [5, 5.41) is 6.89. The van der Waals surface area contributed by atoms with Gasteiger partial charge in [0.25, 0.3) is 11.8 Å². The molecule has 3 aromatic rings. The molecule has 158 valence electrons. The molecule has 5 nitrogen and oxygen atoms in total. The van der Waals surface area contributed by atoms with Crippen LogP contribution in [0.15, 0.2) is 70.2 Å². The Hall–Kier alpha value is -3.25. The van der Waals surface area contributed by atoms with E-state index in [1.54, 1.807) is 36.5 Å². The van der Waals surface area contributed by atoms with Gasteiger partial charge in [-0.2, -0.15) is 5.10 Å². The van der Waals surface area contributed by atoms with Crippen molar-refractivity contribution in [2.75, 3.05) is 5.32 Å². The lowest BCUT2D eigenvalue weighted by Gasteiger charge is -2.11. The quantitative estimate of drug-likeness (QED) is 0.355. The third kappa shape index (κ3) is 5.89. The van der Waals surface area contributed by atoms with Gasteiger partial charge in [0.1, 0.15) is 0 Å². The van der Waals surface area contributed by atoms with Crippen LogP contribution in [-0.4, -0.2) is 18.0 Å². The first kappa shape index (κ1) is 22.4. The van der Waals surface area contributed by atoms with Gasteiger partial charge in [-0.1, -0.05) is 53.2 Å². The molecule has 6 heteroatoms. The Kier molecular flexibility index (Phi) is 7.36. The largest absolute Gasteiger partial charge is 0.321 e. The summed E-state index contributed by atoms with van der Waals surface area (Å²) in [6, 6.07) is 18.4. The van der Waals surface area contributed by atoms with Gasteiger partial charge in [-0.15, -0.1) is 0 Å². The zero-order valence-electron chi connectivity index (χ0n) is 17.7. The van der Waals surface area contributed by atoms with Crippen molar-refractivity contribution in [2.45, 2.75) is 27.2 Å². The monoisotopic (exact) mass is 477 g/mol. The van der Waals surface area contributed by atoms with E-state index in [0.29, 0.717) is 16.8 Å². The maximum atomic E-state index is 12.7. The van der Waals surface area contributed by atoms with Gasteiger partial charge in [0.05, 0.1) is 17.5 Å². The number of amides is 2. The molecule has 0 aliphatic carbocycles. The summed E-state index contributed by atoms with van der Waals surface area (Å²) < 4.78 is 0.723. The Labute approximate surface area is 190 Å². The molecule has 0 bridgehead atoms. The fourth-order valence-electron chi connectivity index (χ4n) is 2.97. The van der Waals surface area contributed by atoms with E-state index in [-0.39, 0.29) is 5.91 Å². The number of rotatable bonds is 6. The van der Waals surface area contributed by atoms with E-state index in [1.807, 2.05) is 44.2 Å². The van der Waals surface area contributed by atoms with E-state index in [1.165, 1.54) is 5.56 Å². The van der Waals surface area contributed by atoms with Crippen LogP contribution >= 0.6 is 15.9 Å². The topological polar surface area (TPSA) is 70.6 Å². The number of hydrogen-bond acceptors (Lipinski definition) is 3. The molecule has 31 heavy (non-hydrogen) atoms. The molecule has 0 aliphatic heterocycles. The molecule has 2 N–H and O–H groups in total. The van der Waals surface area contributed by atoms with Gasteiger partial charge in [-0.3, -0.25) is 9.59 Å². The highest BCUT2D eigenvalue weighted by Gasteiger charge is 2.15. The first-order valence-corrected chi connectivity index (χ1v) is 10.8. The van der Waals surface area contributed by atoms with Crippen LogP contribution in [0.3, 0.4) is 0 Å². The van der Waals surface area contributed by atoms with Crippen molar-refractivity contribution in [1.29, 1.82) is 0 Å². The second-order valence-corrected chi connectivity index (χ2v) is 8.15. The van der Waals surface area contributed by atoms with Gasteiger partial charge in [0.15, 0.2) is 0 Å². The van der Waals surface area contributed by atoms with Gasteiger partial charge in [0, 0.05) is 10.0 Å². The van der Waals surface area contributed by atoms with Gasteiger partial charge < -0.3 is 5.32 Å². The smallest absolute Gasteiger partial charge is 0.273 e. The van der Waals surface area contributed by atoms with Crippen LogP contribution < -0.4 is 10.7 Å². The van der Waals surface area contributed by atoms with E-state index in [9.17, 15) is 9.59 Å². The molecule has 0 radical (unpaired) electrons. The van der Waals surface area contributed by atoms with Crippen LogP contribution in [0, 0.1) is 13.8 Å². The lowest BCUT2D eigenvalue weighted by atomic mass is 10.1. The molecule has 0 spiro atoms. The first-order valence-electron chi connectivity index (χ1n) is 9.98. The molecular weight excluding hydrogens is 454 g/mol. The molecule has 0 aromatic heterocycles. The number of hydrazone groups is 1. The summed E-state index contributed by atoms with van der Waals surface area (Å²) >= 11 is 3.38. The van der Waals surface area contributed by atoms with E-state index in [0.717, 1.165) is 27.6 Å². The van der Waals surface area contributed by atoms with Crippen LogP contribution in [0.25, 0.3) is 0 Å². The minimum atomic E-state index is -0.419. The van der Waals surface area contributed by atoms with E-state index < -0.39 is 5.91 Å². The number of nitrogens with zero attached hydrogens (tertiary/aromatic N) is 1. The summed E-state index contributed by atoms with van der Waals surface area (Å²) in [5.41, 5.74) is 8.17. The van der Waals surface area contributed by atoms with Gasteiger partial charge in [-0.05, 0) is 72.9 Å². The average Bonchev–Trinajstić information content (AvgIpc) is 2.77. The van der Waals surface area contributed by atoms with E-state index >= 15 is 0 Å². The number of carbonyl (C=O) groups excluding carboxylic acids is 2. The predicted octanol–water partition coefficient (Wildman–Crippen LogP) is 5.64. The van der Waals surface area contributed by atoms with E-state index in [4.69, 9.17) is 0 Å². The SMILES string of the molecule is CCc1ccc(C(=O)Nc2ccc(Br)cc2C(=O)NN=Cc2ccc(C)c(C)c2)cc1. The van der Waals surface area contributed by atoms with Gasteiger partial charge >= 0.3 is 0 Å². The minimum Gasteiger partial charge on any atom is -0.321 e. The van der Waals surface area contributed by atoms with E-state index in [2.05, 4.69) is 38.7 Å². The molecule has 0 unspecified atom stereocenters. The Morgan fingerprint density at radius 1 is 0.935 bits per heavy atom. The predicted molar refractivity (Wildman–Crippen MR) is 129 cm³/mol. The average molecular weight is 478 g/mol. The van der Waals surface area contributed by atoms with Crippen LogP contribution in [0.4, 0.5) is 5.69 Å². The second kappa shape index (κ2) is 10.2. The minimum absolute atomic E-state index is 0.280. The fourth-order valence-corrected chi connectivity index (χ4v) is 3.33. The highest BCUT2D eigenvalue weighted by molar-refractivity contribution is 9.10. The highest BCUT2D eigenvalue weighted by atomic mass is 79.9. The molecule has 2 amide bonds. The normalized spacial score (nSPS) is 10.8. The van der Waals surface area contributed by atoms with Crippen molar-refractivity contribution >= 4 is 39.6 Å². The Morgan fingerprint density at radius 2 is 1.68 bits per heavy atom. The van der Waals surface area contributed by atoms with Gasteiger partial charge in [0.2, 0.25) is 0 Å². The van der Waals surface area contributed by atoms with Crippen molar-refractivity contribution in [3.63, 3.8) is 0 Å². The summed E-state index contributed by atoms with van der Waals surface area (Å²) in [6.07, 6.45) is 2.50. The maximum absolute atomic E-state index is 12.7. The molecule has 3 aromatic carbocycles. The summed E-state index contributed by atoms with van der Waals surface area (Å²) in [5.74, 6) is -0.698. The highest BCUT2D eigenvalue weighted by Crippen LogP contribution is 2.22. The molecule has 0 atom stereocenters. The fraction of sp³-hybridized carbons (Fsp3) is 0.160. The third-order valence-corrected chi connectivity index (χ3v) is 5.50. The zero-order chi connectivity index (χ0) is 22.4. The molecule has 0 saturated heterocycles. The maximum Gasteiger partial charge on any atom is 0.273 e. The zero-order valence-corrected chi connectivity index (χ0v) is 19.3. The number of benzene rings is 3. The molecule has 0 aliphatic rings. The first-order chi connectivity index (χ1) is 14.9. The standard InChI is InChI=1S/C25H24BrN3O2/c1-4-18-7-9-20(10-8-18)24(30)28-23-12-11-21(26)14-22(23)25(31)29-27-15-19-6-5-16(2)17(3)13-19/h5-15H,4H2,1-3H3,(H,28,30)(H,29,31). The number of anilines is 1. The lowest BCUT2D eigenvalue weighted by Crippen LogP contribution is -2.21. The summed E-state index contributed by atoms with van der Waals surface area (Å²) in [6.45, 7) is 6.13. The van der Waals surface area contributed by atoms with Crippen LogP contribution in [-0.2, 0) is 6.42 Å². The molecule has 3 rings (SSSR count). The van der Waals surface area contributed by atoms with Crippen molar-refractivity contribution < 1.29 is 9.59 Å². The Balaban J connectivity index is 1.75. The van der Waals surface area contributed by atoms with Crippen LogP contribution in [0.2, 0.25) is 0 Å². The second-order valence-electron chi connectivity index (χ2n) is 7.24. The number of halogens is 1. The van der Waals surface area contributed by atoms with Crippen molar-refractivity contribution in [2.24, 2.45) is 5.10 Å². The van der Waals surface area contributed by atoms with Crippen LogP contribution in [0.1, 0.15) is 49.9 Å². The number of carbonyl (C=O) groups is 2. The molecule has 0 saturated carbocycles. The summed E-state index contributed by atoms with van der Waals surface area (Å²) in [4.78, 5) is 25.4. The number of nitrogens with one attached hydrogen (secondary N) is 2. The lowest BCUT2D eigenvalue weighted by molar-refractivity contribution is 0.0956. The molecule has 0 fully saturated rings. The summed E-state index contributed by atoms with van der Waals surface area (Å²) in [7, 11) is 0. The number of hydrogen-bond donors (Lipinski definition) is 2. The van der Waals surface area contributed by atoms with Crippen LogP contribution in [0.5, 0.6) is 0 Å².